The summed E-state index contributed by atoms with van der Waals surface area (Å²) in [5.41, 5.74) is 0. The first-order chi connectivity index (χ1) is 6.85. The van der Waals surface area contributed by atoms with Crippen LogP contribution in [0.3, 0.4) is 0 Å². The van der Waals surface area contributed by atoms with Crippen molar-refractivity contribution in [2.75, 3.05) is 45.9 Å². The lowest BCUT2D eigenvalue weighted by Gasteiger charge is -2.19. The van der Waals surface area contributed by atoms with Crippen LogP contribution in [0.5, 0.6) is 0 Å². The van der Waals surface area contributed by atoms with Crippen LogP contribution in [0.2, 0.25) is 0 Å². The largest absolute Gasteiger partial charge is 0.389 e. The average Bonchev–Trinajstić information content (AvgIpc) is 2.01. The molecule has 1 unspecified atom stereocenters. The van der Waals surface area contributed by atoms with Gasteiger partial charge < -0.3 is 14.7 Å². The average molecular weight is 239 g/mol. The standard InChI is InChI=1S/C9H21NO4S/c1-10(7-9(11)8-14-2)5-4-6-15(3,12)13/h9,11H,4-8H2,1-3H3. The van der Waals surface area contributed by atoms with Crippen LogP contribution in [0.15, 0.2) is 0 Å². The third-order valence-electron chi connectivity index (χ3n) is 1.94. The van der Waals surface area contributed by atoms with Gasteiger partial charge in [0.1, 0.15) is 9.84 Å². The van der Waals surface area contributed by atoms with Crippen molar-refractivity contribution in [2.24, 2.45) is 0 Å². The number of aliphatic hydroxyl groups is 1. The van der Waals surface area contributed by atoms with Gasteiger partial charge in [-0.15, -0.1) is 0 Å². The van der Waals surface area contributed by atoms with Crippen LogP contribution < -0.4 is 0 Å². The van der Waals surface area contributed by atoms with E-state index in [9.17, 15) is 13.5 Å². The summed E-state index contributed by atoms with van der Waals surface area (Å²) >= 11 is 0. The predicted molar refractivity (Wildman–Crippen MR) is 59.7 cm³/mol. The van der Waals surface area contributed by atoms with E-state index in [1.165, 1.54) is 13.4 Å². The van der Waals surface area contributed by atoms with Crippen LogP contribution in [0.1, 0.15) is 6.42 Å². The first kappa shape index (κ1) is 14.8. The summed E-state index contributed by atoms with van der Waals surface area (Å²) < 4.78 is 26.5. The van der Waals surface area contributed by atoms with Crippen LogP contribution in [0.25, 0.3) is 0 Å². The second kappa shape index (κ2) is 7.16. The van der Waals surface area contributed by atoms with Crippen molar-refractivity contribution in [1.82, 2.24) is 4.90 Å². The lowest BCUT2D eigenvalue weighted by molar-refractivity contribution is 0.0434. The molecule has 0 aliphatic heterocycles. The number of methoxy groups -OCH3 is 1. The number of rotatable bonds is 8. The highest BCUT2D eigenvalue weighted by Crippen LogP contribution is 1.95. The van der Waals surface area contributed by atoms with Crippen LogP contribution in [0, 0.1) is 0 Å². The van der Waals surface area contributed by atoms with Crippen molar-refractivity contribution in [2.45, 2.75) is 12.5 Å². The summed E-state index contributed by atoms with van der Waals surface area (Å²) in [5, 5.41) is 9.39. The van der Waals surface area contributed by atoms with E-state index in [4.69, 9.17) is 4.74 Å². The third-order valence-corrected chi connectivity index (χ3v) is 2.97. The molecule has 15 heavy (non-hydrogen) atoms. The molecular formula is C9H21NO4S. The van der Waals surface area contributed by atoms with Gasteiger partial charge in [-0.25, -0.2) is 8.42 Å². The molecular weight excluding hydrogens is 218 g/mol. The molecule has 1 atom stereocenters. The van der Waals surface area contributed by atoms with Crippen LogP contribution in [-0.4, -0.2) is 70.4 Å². The Balaban J connectivity index is 3.61. The van der Waals surface area contributed by atoms with Crippen molar-refractivity contribution in [3.05, 3.63) is 0 Å². The molecule has 0 aromatic rings. The Kier molecular flexibility index (Phi) is 7.08. The van der Waals surface area contributed by atoms with Gasteiger partial charge in [0.05, 0.1) is 18.5 Å². The number of hydrogen-bond acceptors (Lipinski definition) is 5. The molecule has 0 saturated heterocycles. The van der Waals surface area contributed by atoms with Crippen molar-refractivity contribution >= 4 is 9.84 Å². The maximum atomic E-state index is 10.8. The molecule has 0 spiro atoms. The van der Waals surface area contributed by atoms with E-state index < -0.39 is 15.9 Å². The van der Waals surface area contributed by atoms with Crippen molar-refractivity contribution < 1.29 is 18.3 Å². The van der Waals surface area contributed by atoms with E-state index in [0.29, 0.717) is 26.1 Å². The van der Waals surface area contributed by atoms with E-state index in [0.717, 1.165) is 0 Å². The van der Waals surface area contributed by atoms with Crippen LogP contribution >= 0.6 is 0 Å². The Morgan fingerprint density at radius 1 is 1.47 bits per heavy atom. The van der Waals surface area contributed by atoms with Gasteiger partial charge in [0.25, 0.3) is 0 Å². The fourth-order valence-electron chi connectivity index (χ4n) is 1.29. The summed E-state index contributed by atoms with van der Waals surface area (Å²) in [6.07, 6.45) is 1.31. The minimum Gasteiger partial charge on any atom is -0.389 e. The van der Waals surface area contributed by atoms with Crippen molar-refractivity contribution in [1.29, 1.82) is 0 Å². The Morgan fingerprint density at radius 3 is 2.53 bits per heavy atom. The monoisotopic (exact) mass is 239 g/mol. The zero-order chi connectivity index (χ0) is 11.9. The molecule has 0 amide bonds. The first-order valence-corrected chi connectivity index (χ1v) is 6.94. The Morgan fingerprint density at radius 2 is 2.07 bits per heavy atom. The van der Waals surface area contributed by atoms with Gasteiger partial charge in [-0.2, -0.15) is 0 Å². The van der Waals surface area contributed by atoms with Crippen molar-refractivity contribution in [3.8, 4) is 0 Å². The normalized spacial score (nSPS) is 14.5. The van der Waals surface area contributed by atoms with Gasteiger partial charge in [0.2, 0.25) is 0 Å². The molecule has 0 fully saturated rings. The maximum Gasteiger partial charge on any atom is 0.147 e. The summed E-state index contributed by atoms with van der Waals surface area (Å²) in [6.45, 7) is 1.46. The molecule has 0 aromatic carbocycles. The number of likely N-dealkylation sites (N-methyl/N-ethyl adjacent to an activating group) is 1. The van der Waals surface area contributed by atoms with E-state index in [1.54, 1.807) is 0 Å². The summed E-state index contributed by atoms with van der Waals surface area (Å²) in [5.74, 6) is 0.192. The van der Waals surface area contributed by atoms with Gasteiger partial charge in [0, 0.05) is 19.9 Å². The lowest BCUT2D eigenvalue weighted by atomic mass is 10.3. The zero-order valence-corrected chi connectivity index (χ0v) is 10.5. The second-order valence-corrected chi connectivity index (χ2v) is 6.11. The molecule has 0 saturated carbocycles. The van der Waals surface area contributed by atoms with Crippen LogP contribution in [0.4, 0.5) is 0 Å². The number of aliphatic hydroxyl groups excluding tert-OH is 1. The minimum absolute atomic E-state index is 0.192. The summed E-state index contributed by atoms with van der Waals surface area (Å²) in [6, 6.07) is 0. The summed E-state index contributed by atoms with van der Waals surface area (Å²) in [7, 11) is 0.511. The number of sulfone groups is 1. The summed E-state index contributed by atoms with van der Waals surface area (Å²) in [4.78, 5) is 1.90. The van der Waals surface area contributed by atoms with E-state index in [2.05, 4.69) is 0 Å². The Hall–Kier alpha value is -0.170. The minimum atomic E-state index is -2.87. The quantitative estimate of drug-likeness (QED) is 0.610. The van der Waals surface area contributed by atoms with E-state index in [-0.39, 0.29) is 5.75 Å². The van der Waals surface area contributed by atoms with Gasteiger partial charge in [-0.1, -0.05) is 0 Å². The van der Waals surface area contributed by atoms with Gasteiger partial charge in [-0.3, -0.25) is 0 Å². The van der Waals surface area contributed by atoms with Gasteiger partial charge in [0.15, 0.2) is 0 Å². The van der Waals surface area contributed by atoms with Gasteiger partial charge in [-0.05, 0) is 20.0 Å². The third kappa shape index (κ3) is 10.1. The molecule has 1 N–H and O–H groups in total. The maximum absolute atomic E-state index is 10.8. The molecule has 0 aromatic heterocycles. The number of nitrogens with zero attached hydrogens (tertiary/aromatic N) is 1. The Labute approximate surface area is 92.0 Å². The lowest BCUT2D eigenvalue weighted by Crippen LogP contribution is -2.33. The molecule has 0 aliphatic carbocycles. The number of hydrogen-bond donors (Lipinski definition) is 1. The molecule has 0 bridgehead atoms. The molecule has 92 valence electrons. The molecule has 6 heteroatoms. The zero-order valence-electron chi connectivity index (χ0n) is 9.64. The molecule has 5 nitrogen and oxygen atoms in total. The molecule has 0 radical (unpaired) electrons. The predicted octanol–water partition coefficient (Wildman–Crippen LogP) is -0.640. The topological polar surface area (TPSA) is 66.8 Å². The first-order valence-electron chi connectivity index (χ1n) is 4.88. The molecule has 0 heterocycles. The van der Waals surface area contributed by atoms with E-state index in [1.807, 2.05) is 11.9 Å². The van der Waals surface area contributed by atoms with Crippen molar-refractivity contribution in [3.63, 3.8) is 0 Å². The van der Waals surface area contributed by atoms with E-state index >= 15 is 0 Å². The Bertz CT molecular complexity index is 253. The number of ether oxygens (including phenoxy) is 1. The second-order valence-electron chi connectivity index (χ2n) is 3.85. The van der Waals surface area contributed by atoms with Gasteiger partial charge >= 0.3 is 0 Å². The SMILES string of the molecule is COCC(O)CN(C)CCCS(C)(=O)=O. The highest BCUT2D eigenvalue weighted by Gasteiger charge is 2.08. The highest BCUT2D eigenvalue weighted by atomic mass is 32.2. The highest BCUT2D eigenvalue weighted by molar-refractivity contribution is 7.90. The molecule has 0 aliphatic rings. The fraction of sp³-hybridized carbons (Fsp3) is 1.00. The smallest absolute Gasteiger partial charge is 0.147 e. The van der Waals surface area contributed by atoms with Crippen LogP contribution in [-0.2, 0) is 14.6 Å². The molecule has 0 rings (SSSR count). The fourth-order valence-corrected chi connectivity index (χ4v) is 1.95.